The number of esters is 1. The first-order chi connectivity index (χ1) is 16.2. The van der Waals surface area contributed by atoms with Gasteiger partial charge in [-0.1, -0.05) is 30.3 Å². The molecule has 3 aromatic rings. The number of thiophene rings is 1. The molecule has 0 atom stereocenters. The van der Waals surface area contributed by atoms with Gasteiger partial charge in [-0.25, -0.2) is 13.2 Å². The van der Waals surface area contributed by atoms with Crippen LogP contribution in [0.1, 0.15) is 38.3 Å². The predicted octanol–water partition coefficient (Wildman–Crippen LogP) is 4.47. The van der Waals surface area contributed by atoms with Crippen molar-refractivity contribution in [1.29, 1.82) is 0 Å². The Morgan fingerprint density at radius 1 is 1.06 bits per heavy atom. The van der Waals surface area contributed by atoms with Crippen LogP contribution in [0.2, 0.25) is 0 Å². The molecule has 9 heteroatoms. The van der Waals surface area contributed by atoms with E-state index in [1.165, 1.54) is 30.6 Å². The van der Waals surface area contributed by atoms with Gasteiger partial charge in [0.05, 0.1) is 23.3 Å². The Labute approximate surface area is 203 Å². The Balaban J connectivity index is 1.70. The summed E-state index contributed by atoms with van der Waals surface area (Å²) in [7, 11) is -2.72. The molecule has 0 aliphatic heterocycles. The number of hydrogen-bond acceptors (Lipinski definition) is 6. The average Bonchev–Trinajstić information content (AvgIpc) is 3.40. The molecule has 0 saturated heterocycles. The molecule has 1 aliphatic carbocycles. The van der Waals surface area contributed by atoms with Crippen LogP contribution in [0.25, 0.3) is 0 Å². The average molecular weight is 499 g/mol. The fourth-order valence-electron chi connectivity index (χ4n) is 4.13. The molecule has 0 bridgehead atoms. The molecule has 4 rings (SSSR count). The zero-order valence-electron chi connectivity index (χ0n) is 19.3. The van der Waals surface area contributed by atoms with Crippen molar-refractivity contribution in [1.82, 2.24) is 0 Å². The van der Waals surface area contributed by atoms with E-state index in [1.807, 2.05) is 19.9 Å². The molecule has 1 amide bonds. The van der Waals surface area contributed by atoms with E-state index in [4.69, 9.17) is 4.74 Å². The van der Waals surface area contributed by atoms with Crippen molar-refractivity contribution < 1.29 is 22.7 Å². The Bertz CT molecular complexity index is 1350. The second-order valence-electron chi connectivity index (χ2n) is 8.14. The highest BCUT2D eigenvalue weighted by atomic mass is 32.2. The van der Waals surface area contributed by atoms with Gasteiger partial charge in [-0.2, -0.15) is 0 Å². The number of carbonyl (C=O) groups excluding carboxylic acids is 2. The van der Waals surface area contributed by atoms with Crippen LogP contribution in [0.3, 0.4) is 0 Å². The smallest absolute Gasteiger partial charge is 0.341 e. The predicted molar refractivity (Wildman–Crippen MR) is 133 cm³/mol. The van der Waals surface area contributed by atoms with Crippen LogP contribution in [-0.4, -0.2) is 33.9 Å². The van der Waals surface area contributed by atoms with Crippen LogP contribution < -0.4 is 9.62 Å². The van der Waals surface area contributed by atoms with E-state index < -0.39 is 28.4 Å². The number of benzene rings is 2. The molecular formula is C25H26N2O5S2. The number of anilines is 2. The van der Waals surface area contributed by atoms with E-state index in [-0.39, 0.29) is 4.90 Å². The largest absolute Gasteiger partial charge is 0.465 e. The summed E-state index contributed by atoms with van der Waals surface area (Å²) in [6, 6.07) is 13.4. The highest BCUT2D eigenvalue weighted by Gasteiger charge is 2.31. The lowest BCUT2D eigenvalue weighted by Crippen LogP contribution is -2.38. The lowest BCUT2D eigenvalue weighted by Gasteiger charge is -2.26. The zero-order valence-corrected chi connectivity index (χ0v) is 20.9. The van der Waals surface area contributed by atoms with Crippen molar-refractivity contribution >= 4 is 43.9 Å². The van der Waals surface area contributed by atoms with Crippen LogP contribution in [-0.2, 0) is 32.4 Å². The minimum Gasteiger partial charge on any atom is -0.465 e. The maximum Gasteiger partial charge on any atom is 0.341 e. The number of sulfonamides is 1. The summed E-state index contributed by atoms with van der Waals surface area (Å²) in [5, 5.41) is 3.19. The molecule has 1 aromatic heterocycles. The zero-order chi connectivity index (χ0) is 24.5. The molecule has 0 radical (unpaired) electrons. The summed E-state index contributed by atoms with van der Waals surface area (Å²) in [4.78, 5) is 26.8. The molecule has 2 aromatic carbocycles. The minimum atomic E-state index is -4.02. The molecule has 0 saturated carbocycles. The summed E-state index contributed by atoms with van der Waals surface area (Å²) in [5.41, 5.74) is 3.39. The first-order valence-corrected chi connectivity index (χ1v) is 13.2. The second kappa shape index (κ2) is 9.60. The third-order valence-electron chi connectivity index (χ3n) is 6.03. The fourth-order valence-corrected chi connectivity index (χ4v) is 6.93. The number of aryl methyl sites for hydroxylation is 2. The number of fused-ring (bicyclic) bond motifs is 1. The van der Waals surface area contributed by atoms with Crippen molar-refractivity contribution in [2.24, 2.45) is 0 Å². The van der Waals surface area contributed by atoms with E-state index in [0.717, 1.165) is 45.1 Å². The number of carbonyl (C=O) groups is 2. The molecule has 1 heterocycles. The third kappa shape index (κ3) is 4.45. The molecule has 34 heavy (non-hydrogen) atoms. The van der Waals surface area contributed by atoms with Gasteiger partial charge >= 0.3 is 5.97 Å². The summed E-state index contributed by atoms with van der Waals surface area (Å²) in [6.45, 7) is 3.28. The van der Waals surface area contributed by atoms with E-state index >= 15 is 0 Å². The Hall–Kier alpha value is -3.17. The number of amides is 1. The van der Waals surface area contributed by atoms with E-state index in [1.54, 1.807) is 30.3 Å². The number of methoxy groups -OCH3 is 1. The molecule has 7 nitrogen and oxygen atoms in total. The third-order valence-corrected chi connectivity index (χ3v) is 9.01. The minimum absolute atomic E-state index is 0.0917. The summed E-state index contributed by atoms with van der Waals surface area (Å²) < 4.78 is 33.3. The Kier molecular flexibility index (Phi) is 6.77. The SMILES string of the molecule is COC(=O)c1c(NC(=O)CN(c2cccc(C)c2C)S(=O)(=O)c2ccccc2)sc2c1CCC2. The standard InChI is InChI=1S/C25H26N2O5S2/c1-16-9-7-13-20(17(16)2)27(34(30,31)18-10-5-4-6-11-18)15-22(28)26-24-23(25(29)32-3)19-12-8-14-21(19)33-24/h4-7,9-11,13H,8,12,14-15H2,1-3H3,(H,26,28). The van der Waals surface area contributed by atoms with Gasteiger partial charge in [-0.05, 0) is 68.0 Å². The molecule has 1 N–H and O–H groups in total. The Morgan fingerprint density at radius 3 is 2.50 bits per heavy atom. The first-order valence-electron chi connectivity index (χ1n) is 10.9. The van der Waals surface area contributed by atoms with Gasteiger partial charge in [-0.3, -0.25) is 9.10 Å². The van der Waals surface area contributed by atoms with E-state index in [0.29, 0.717) is 16.3 Å². The van der Waals surface area contributed by atoms with Gasteiger partial charge < -0.3 is 10.1 Å². The van der Waals surface area contributed by atoms with Crippen LogP contribution in [0.15, 0.2) is 53.4 Å². The van der Waals surface area contributed by atoms with Crippen LogP contribution in [0.5, 0.6) is 0 Å². The monoisotopic (exact) mass is 498 g/mol. The van der Waals surface area contributed by atoms with Crippen molar-refractivity contribution in [3.05, 3.63) is 75.7 Å². The van der Waals surface area contributed by atoms with Gasteiger partial charge in [0.2, 0.25) is 5.91 Å². The van der Waals surface area contributed by atoms with Crippen molar-refractivity contribution in [2.45, 2.75) is 38.0 Å². The van der Waals surface area contributed by atoms with Gasteiger partial charge in [0.1, 0.15) is 11.5 Å². The van der Waals surface area contributed by atoms with Crippen molar-refractivity contribution in [2.75, 3.05) is 23.3 Å². The van der Waals surface area contributed by atoms with Gasteiger partial charge in [-0.15, -0.1) is 11.3 Å². The quantitative estimate of drug-likeness (QED) is 0.485. The molecule has 0 spiro atoms. The number of nitrogens with zero attached hydrogens (tertiary/aromatic N) is 1. The van der Waals surface area contributed by atoms with Gasteiger partial charge in [0.15, 0.2) is 0 Å². The number of rotatable bonds is 7. The molecule has 0 unspecified atom stereocenters. The van der Waals surface area contributed by atoms with Crippen LogP contribution >= 0.6 is 11.3 Å². The first kappa shape index (κ1) is 24.0. The normalized spacial score (nSPS) is 12.8. The maximum absolute atomic E-state index is 13.6. The number of hydrogen-bond donors (Lipinski definition) is 1. The highest BCUT2D eigenvalue weighted by Crippen LogP contribution is 2.39. The van der Waals surface area contributed by atoms with Crippen LogP contribution in [0.4, 0.5) is 10.7 Å². The summed E-state index contributed by atoms with van der Waals surface area (Å²) >= 11 is 1.35. The van der Waals surface area contributed by atoms with Gasteiger partial charge in [0.25, 0.3) is 10.0 Å². The number of nitrogens with one attached hydrogen (secondary N) is 1. The lowest BCUT2D eigenvalue weighted by molar-refractivity contribution is -0.114. The maximum atomic E-state index is 13.6. The highest BCUT2D eigenvalue weighted by molar-refractivity contribution is 7.92. The van der Waals surface area contributed by atoms with Crippen molar-refractivity contribution in [3.63, 3.8) is 0 Å². The summed E-state index contributed by atoms with van der Waals surface area (Å²) in [5.74, 6) is -1.04. The summed E-state index contributed by atoms with van der Waals surface area (Å²) in [6.07, 6.45) is 2.55. The van der Waals surface area contributed by atoms with Crippen LogP contribution in [0, 0.1) is 13.8 Å². The second-order valence-corrected chi connectivity index (χ2v) is 11.1. The fraction of sp³-hybridized carbons (Fsp3) is 0.280. The Morgan fingerprint density at radius 2 is 1.79 bits per heavy atom. The van der Waals surface area contributed by atoms with E-state index in [2.05, 4.69) is 5.32 Å². The topological polar surface area (TPSA) is 92.8 Å². The molecule has 178 valence electrons. The molecular weight excluding hydrogens is 472 g/mol. The van der Waals surface area contributed by atoms with Gasteiger partial charge in [0, 0.05) is 4.88 Å². The molecule has 0 fully saturated rings. The lowest BCUT2D eigenvalue weighted by atomic mass is 10.1. The molecule has 1 aliphatic rings. The van der Waals surface area contributed by atoms with Crippen molar-refractivity contribution in [3.8, 4) is 0 Å². The number of ether oxygens (including phenoxy) is 1. The van der Waals surface area contributed by atoms with E-state index in [9.17, 15) is 18.0 Å².